The highest BCUT2D eigenvalue weighted by Crippen LogP contribution is 2.21. The zero-order valence-corrected chi connectivity index (χ0v) is 13.5. The van der Waals surface area contributed by atoms with Crippen LogP contribution in [0.25, 0.3) is 0 Å². The van der Waals surface area contributed by atoms with Crippen LogP contribution < -0.4 is 10.2 Å². The summed E-state index contributed by atoms with van der Waals surface area (Å²) in [5.74, 6) is 0. The van der Waals surface area contributed by atoms with Crippen LogP contribution in [-0.4, -0.2) is 17.6 Å². The molecular weight excluding hydrogens is 266 g/mol. The van der Waals surface area contributed by atoms with Crippen molar-refractivity contribution in [2.75, 3.05) is 11.9 Å². The van der Waals surface area contributed by atoms with Gasteiger partial charge in [0, 0.05) is 31.9 Å². The van der Waals surface area contributed by atoms with E-state index in [0.717, 1.165) is 13.1 Å². The van der Waals surface area contributed by atoms with E-state index in [4.69, 9.17) is 0 Å². The third kappa shape index (κ3) is 4.32. The van der Waals surface area contributed by atoms with E-state index in [0.29, 0.717) is 0 Å². The summed E-state index contributed by atoms with van der Waals surface area (Å²) >= 11 is 1.74. The molecule has 20 heavy (non-hydrogen) atoms. The summed E-state index contributed by atoms with van der Waals surface area (Å²) < 4.78 is 0. The van der Waals surface area contributed by atoms with Gasteiger partial charge in [-0.05, 0) is 54.8 Å². The third-order valence-electron chi connectivity index (χ3n) is 3.11. The lowest BCUT2D eigenvalue weighted by molar-refractivity contribution is 0.424. The van der Waals surface area contributed by atoms with Gasteiger partial charge in [0.25, 0.3) is 0 Å². The molecule has 0 radical (unpaired) electrons. The Labute approximate surface area is 125 Å². The summed E-state index contributed by atoms with van der Waals surface area (Å²) in [6.45, 7) is 8.32. The molecular formula is C16H23N3S. The van der Waals surface area contributed by atoms with Crippen LogP contribution in [0.1, 0.15) is 31.9 Å². The van der Waals surface area contributed by atoms with Crippen LogP contribution in [0.15, 0.2) is 35.3 Å². The van der Waals surface area contributed by atoms with Crippen molar-refractivity contribution in [2.45, 2.75) is 39.4 Å². The van der Waals surface area contributed by atoms with E-state index in [2.05, 4.69) is 65.9 Å². The summed E-state index contributed by atoms with van der Waals surface area (Å²) in [5.41, 5.74) is 3.94. The number of nitrogens with zero attached hydrogens (tertiary/aromatic N) is 2. The molecule has 0 aromatic carbocycles. The number of anilines is 1. The first-order valence-corrected chi connectivity index (χ1v) is 7.80. The predicted molar refractivity (Wildman–Crippen MR) is 87.3 cm³/mol. The number of hydrogen-bond acceptors (Lipinski definition) is 4. The Hall–Kier alpha value is -1.39. The Morgan fingerprint density at radius 1 is 1.30 bits per heavy atom. The molecule has 4 heteroatoms. The van der Waals surface area contributed by atoms with Crippen molar-refractivity contribution in [3.63, 3.8) is 0 Å². The highest BCUT2D eigenvalue weighted by atomic mass is 32.1. The molecule has 0 saturated heterocycles. The van der Waals surface area contributed by atoms with E-state index >= 15 is 0 Å². The minimum absolute atomic E-state index is 0.118. The first kappa shape index (κ1) is 15.0. The van der Waals surface area contributed by atoms with Gasteiger partial charge in [0.15, 0.2) is 0 Å². The van der Waals surface area contributed by atoms with Crippen LogP contribution in [0.4, 0.5) is 5.69 Å². The quantitative estimate of drug-likeness (QED) is 0.910. The first-order chi connectivity index (χ1) is 9.46. The van der Waals surface area contributed by atoms with Gasteiger partial charge in [-0.1, -0.05) is 0 Å². The molecule has 0 bridgehead atoms. The fourth-order valence-electron chi connectivity index (χ4n) is 2.01. The topological polar surface area (TPSA) is 28.2 Å². The molecule has 0 aliphatic rings. The molecule has 0 amide bonds. The largest absolute Gasteiger partial charge is 0.369 e. The monoisotopic (exact) mass is 289 g/mol. The number of thiophene rings is 1. The summed E-state index contributed by atoms with van der Waals surface area (Å²) in [5, 5.41) is 7.85. The minimum Gasteiger partial charge on any atom is -0.369 e. The van der Waals surface area contributed by atoms with Gasteiger partial charge in [-0.25, -0.2) is 0 Å². The van der Waals surface area contributed by atoms with Gasteiger partial charge >= 0.3 is 0 Å². The second kappa shape index (κ2) is 6.37. The second-order valence-electron chi connectivity index (χ2n) is 6.10. The van der Waals surface area contributed by atoms with E-state index in [1.54, 1.807) is 11.3 Å². The van der Waals surface area contributed by atoms with Crippen molar-refractivity contribution in [2.24, 2.45) is 0 Å². The van der Waals surface area contributed by atoms with E-state index in [9.17, 15) is 0 Å². The maximum Gasteiger partial charge on any atom is 0.0598 e. The molecule has 0 aliphatic carbocycles. The van der Waals surface area contributed by atoms with Gasteiger partial charge in [0.1, 0.15) is 0 Å². The number of nitrogens with one attached hydrogen (secondary N) is 1. The number of hydrogen-bond donors (Lipinski definition) is 1. The molecule has 0 aliphatic heterocycles. The SMILES string of the molecule is CN(Cc1ccsc1)c1cnccc1CNC(C)(C)C. The summed E-state index contributed by atoms with van der Waals surface area (Å²) in [4.78, 5) is 6.53. The molecule has 108 valence electrons. The Kier molecular flexibility index (Phi) is 4.78. The Bertz CT molecular complexity index is 529. The average molecular weight is 289 g/mol. The fraction of sp³-hybridized carbons (Fsp3) is 0.438. The zero-order valence-electron chi connectivity index (χ0n) is 12.7. The molecule has 0 spiro atoms. The van der Waals surface area contributed by atoms with Crippen molar-refractivity contribution in [3.8, 4) is 0 Å². The molecule has 1 N–H and O–H groups in total. The molecule has 3 nitrogen and oxygen atoms in total. The molecule has 2 heterocycles. The van der Waals surface area contributed by atoms with Gasteiger partial charge in [0.05, 0.1) is 11.9 Å². The van der Waals surface area contributed by atoms with Gasteiger partial charge in [-0.2, -0.15) is 11.3 Å². The molecule has 0 atom stereocenters. The predicted octanol–water partition coefficient (Wildman–Crippen LogP) is 3.67. The van der Waals surface area contributed by atoms with Crippen molar-refractivity contribution in [1.82, 2.24) is 10.3 Å². The second-order valence-corrected chi connectivity index (χ2v) is 6.88. The fourth-order valence-corrected chi connectivity index (χ4v) is 2.67. The minimum atomic E-state index is 0.118. The van der Waals surface area contributed by atoms with Crippen LogP contribution in [-0.2, 0) is 13.1 Å². The standard InChI is InChI=1S/C16H23N3S/c1-16(2,3)18-9-14-5-7-17-10-15(14)19(4)11-13-6-8-20-12-13/h5-8,10,12,18H,9,11H2,1-4H3. The third-order valence-corrected chi connectivity index (χ3v) is 3.84. The van der Waals surface area contributed by atoms with Crippen LogP contribution in [0, 0.1) is 0 Å². The summed E-state index contributed by atoms with van der Waals surface area (Å²) in [7, 11) is 2.12. The van der Waals surface area contributed by atoms with E-state index < -0.39 is 0 Å². The number of pyridine rings is 1. The molecule has 2 rings (SSSR count). The molecule has 0 saturated carbocycles. The highest BCUT2D eigenvalue weighted by molar-refractivity contribution is 7.07. The number of rotatable bonds is 5. The maximum atomic E-state index is 4.27. The smallest absolute Gasteiger partial charge is 0.0598 e. The molecule has 0 fully saturated rings. The van der Waals surface area contributed by atoms with E-state index in [1.807, 2.05) is 12.4 Å². The van der Waals surface area contributed by atoms with Crippen LogP contribution >= 0.6 is 11.3 Å². The first-order valence-electron chi connectivity index (χ1n) is 6.86. The van der Waals surface area contributed by atoms with E-state index in [1.165, 1.54) is 16.8 Å². The normalized spacial score (nSPS) is 11.6. The highest BCUT2D eigenvalue weighted by Gasteiger charge is 2.12. The molecule has 2 aromatic heterocycles. The average Bonchev–Trinajstić information content (AvgIpc) is 2.88. The molecule has 0 unspecified atom stereocenters. The summed E-state index contributed by atoms with van der Waals surface area (Å²) in [6.07, 6.45) is 3.81. The Morgan fingerprint density at radius 3 is 2.75 bits per heavy atom. The van der Waals surface area contributed by atoms with Gasteiger partial charge < -0.3 is 10.2 Å². The summed E-state index contributed by atoms with van der Waals surface area (Å²) in [6, 6.07) is 4.27. The van der Waals surface area contributed by atoms with Crippen LogP contribution in [0.5, 0.6) is 0 Å². The zero-order chi connectivity index (χ0) is 14.6. The Balaban J connectivity index is 2.10. The van der Waals surface area contributed by atoms with Gasteiger partial charge in [-0.3, -0.25) is 4.98 Å². The van der Waals surface area contributed by atoms with Gasteiger partial charge in [0.2, 0.25) is 0 Å². The number of aromatic nitrogens is 1. The van der Waals surface area contributed by atoms with Crippen LogP contribution in [0.2, 0.25) is 0 Å². The van der Waals surface area contributed by atoms with Crippen molar-refractivity contribution < 1.29 is 0 Å². The van der Waals surface area contributed by atoms with Gasteiger partial charge in [-0.15, -0.1) is 0 Å². The van der Waals surface area contributed by atoms with Crippen LogP contribution in [0.3, 0.4) is 0 Å². The van der Waals surface area contributed by atoms with E-state index in [-0.39, 0.29) is 5.54 Å². The Morgan fingerprint density at radius 2 is 2.10 bits per heavy atom. The maximum absolute atomic E-state index is 4.27. The van der Waals surface area contributed by atoms with Crippen molar-refractivity contribution in [3.05, 3.63) is 46.4 Å². The van der Waals surface area contributed by atoms with Crippen molar-refractivity contribution in [1.29, 1.82) is 0 Å². The lowest BCUT2D eigenvalue weighted by Crippen LogP contribution is -2.35. The lowest BCUT2D eigenvalue weighted by Gasteiger charge is -2.25. The van der Waals surface area contributed by atoms with Crippen molar-refractivity contribution >= 4 is 17.0 Å². The lowest BCUT2D eigenvalue weighted by atomic mass is 10.1. The molecule has 2 aromatic rings.